The third-order valence-corrected chi connectivity index (χ3v) is 2.79. The van der Waals surface area contributed by atoms with E-state index in [1.54, 1.807) is 0 Å². The first-order valence-electron chi connectivity index (χ1n) is 6.27. The molecule has 0 aliphatic rings. The van der Waals surface area contributed by atoms with E-state index < -0.39 is 23.5 Å². The topological polar surface area (TPSA) is 61.6 Å². The summed E-state index contributed by atoms with van der Waals surface area (Å²) in [5.41, 5.74) is -0.684. The quantitative estimate of drug-likeness (QED) is 0.808. The van der Waals surface area contributed by atoms with E-state index in [4.69, 9.17) is 4.74 Å². The van der Waals surface area contributed by atoms with Crippen LogP contribution in [0.15, 0.2) is 28.8 Å². The van der Waals surface area contributed by atoms with Crippen molar-refractivity contribution in [2.45, 2.75) is 13.1 Å². The molecule has 0 bridgehead atoms. The summed E-state index contributed by atoms with van der Waals surface area (Å²) in [6.45, 7) is 1.43. The van der Waals surface area contributed by atoms with Crippen molar-refractivity contribution in [1.82, 2.24) is 5.16 Å². The molecule has 2 aromatic rings. The minimum atomic E-state index is -4.85. The smallest absolute Gasteiger partial charge is 0.453 e. The molecule has 22 heavy (non-hydrogen) atoms. The SMILES string of the molecule is CCOC(=O)c1c(-c2ccc(OC)cc2)noc1C(F)(F)F. The van der Waals surface area contributed by atoms with Gasteiger partial charge in [0.2, 0.25) is 0 Å². The van der Waals surface area contributed by atoms with Gasteiger partial charge in [0.05, 0.1) is 13.7 Å². The first kappa shape index (κ1) is 15.9. The van der Waals surface area contributed by atoms with E-state index in [2.05, 4.69) is 14.4 Å². The van der Waals surface area contributed by atoms with Crippen molar-refractivity contribution in [3.63, 3.8) is 0 Å². The zero-order valence-corrected chi connectivity index (χ0v) is 11.7. The molecule has 0 aliphatic carbocycles. The molecule has 0 amide bonds. The number of carbonyl (C=O) groups excluding carboxylic acids is 1. The molecule has 0 N–H and O–H groups in total. The highest BCUT2D eigenvalue weighted by atomic mass is 19.4. The fraction of sp³-hybridized carbons (Fsp3) is 0.286. The molecule has 2 rings (SSSR count). The number of ether oxygens (including phenoxy) is 2. The Labute approximate surface area is 123 Å². The number of halogens is 3. The molecule has 1 heterocycles. The number of rotatable bonds is 4. The standard InChI is InChI=1S/C14H12F3NO4/c1-3-21-13(19)10-11(18-22-12(10)14(15,16)17)8-4-6-9(20-2)7-5-8/h4-7H,3H2,1-2H3. The molecule has 0 radical (unpaired) electrons. The molecular formula is C14H12F3NO4. The van der Waals surface area contributed by atoms with Crippen molar-refractivity contribution in [2.75, 3.05) is 13.7 Å². The highest BCUT2D eigenvalue weighted by Gasteiger charge is 2.43. The number of alkyl halides is 3. The van der Waals surface area contributed by atoms with Crippen LogP contribution in [0, 0.1) is 0 Å². The van der Waals surface area contributed by atoms with Crippen LogP contribution in [0.3, 0.4) is 0 Å². The van der Waals surface area contributed by atoms with Crippen molar-refractivity contribution in [3.8, 4) is 17.0 Å². The van der Waals surface area contributed by atoms with Gasteiger partial charge in [0.1, 0.15) is 17.0 Å². The molecule has 118 valence electrons. The molecule has 1 aromatic carbocycles. The van der Waals surface area contributed by atoms with Crippen LogP contribution in [0.25, 0.3) is 11.3 Å². The summed E-state index contributed by atoms with van der Waals surface area (Å²) >= 11 is 0. The number of carbonyl (C=O) groups is 1. The van der Waals surface area contributed by atoms with Crippen molar-refractivity contribution >= 4 is 5.97 Å². The highest BCUT2D eigenvalue weighted by Crippen LogP contribution is 2.37. The third kappa shape index (κ3) is 3.05. The number of nitrogens with zero attached hydrogens (tertiary/aromatic N) is 1. The van der Waals surface area contributed by atoms with E-state index in [0.29, 0.717) is 5.75 Å². The lowest BCUT2D eigenvalue weighted by atomic mass is 10.1. The summed E-state index contributed by atoms with van der Waals surface area (Å²) in [6.07, 6.45) is -4.85. The van der Waals surface area contributed by atoms with Crippen LogP contribution in [-0.2, 0) is 10.9 Å². The second-order valence-corrected chi connectivity index (χ2v) is 4.18. The van der Waals surface area contributed by atoms with E-state index in [1.165, 1.54) is 38.3 Å². The van der Waals surface area contributed by atoms with Crippen LogP contribution in [0.4, 0.5) is 13.2 Å². The largest absolute Gasteiger partial charge is 0.497 e. The van der Waals surface area contributed by atoms with Gasteiger partial charge >= 0.3 is 12.1 Å². The van der Waals surface area contributed by atoms with Crippen LogP contribution in [-0.4, -0.2) is 24.8 Å². The van der Waals surface area contributed by atoms with Crippen LogP contribution in [0.1, 0.15) is 23.0 Å². The first-order chi connectivity index (χ1) is 10.4. The third-order valence-electron chi connectivity index (χ3n) is 2.79. The van der Waals surface area contributed by atoms with Gasteiger partial charge in [-0.3, -0.25) is 0 Å². The maximum Gasteiger partial charge on any atom is 0.453 e. The van der Waals surface area contributed by atoms with E-state index in [9.17, 15) is 18.0 Å². The van der Waals surface area contributed by atoms with E-state index in [0.717, 1.165) is 0 Å². The zero-order valence-electron chi connectivity index (χ0n) is 11.7. The van der Waals surface area contributed by atoms with Gasteiger partial charge in [0.25, 0.3) is 5.76 Å². The summed E-state index contributed by atoms with van der Waals surface area (Å²) in [5, 5.41) is 3.38. The molecule has 0 saturated carbocycles. The predicted molar refractivity (Wildman–Crippen MR) is 69.4 cm³/mol. The predicted octanol–water partition coefficient (Wildman–Crippen LogP) is 3.55. The highest BCUT2D eigenvalue weighted by molar-refractivity contribution is 5.97. The van der Waals surface area contributed by atoms with Gasteiger partial charge in [-0.25, -0.2) is 4.79 Å². The van der Waals surface area contributed by atoms with Crippen LogP contribution in [0.5, 0.6) is 5.75 Å². The Hall–Kier alpha value is -2.51. The lowest BCUT2D eigenvalue weighted by Gasteiger charge is -2.06. The lowest BCUT2D eigenvalue weighted by molar-refractivity contribution is -0.156. The zero-order chi connectivity index (χ0) is 16.3. The summed E-state index contributed by atoms with van der Waals surface area (Å²) in [6, 6.07) is 6.01. The van der Waals surface area contributed by atoms with Gasteiger partial charge in [0.15, 0.2) is 0 Å². The van der Waals surface area contributed by atoms with E-state index in [1.807, 2.05) is 0 Å². The Morgan fingerprint density at radius 2 is 1.91 bits per heavy atom. The summed E-state index contributed by atoms with van der Waals surface area (Å²) in [5.74, 6) is -2.10. The summed E-state index contributed by atoms with van der Waals surface area (Å²) < 4.78 is 52.8. The van der Waals surface area contributed by atoms with E-state index >= 15 is 0 Å². The Kier molecular flexibility index (Phi) is 4.39. The average Bonchev–Trinajstić information content (AvgIpc) is 2.92. The summed E-state index contributed by atoms with van der Waals surface area (Å²) in [4.78, 5) is 11.8. The molecule has 8 heteroatoms. The van der Waals surface area contributed by atoms with Crippen molar-refractivity contribution in [2.24, 2.45) is 0 Å². The maximum atomic E-state index is 12.9. The Bertz CT molecular complexity index is 662. The first-order valence-corrected chi connectivity index (χ1v) is 6.27. The van der Waals surface area contributed by atoms with Gasteiger partial charge in [-0.05, 0) is 31.2 Å². The fourth-order valence-corrected chi connectivity index (χ4v) is 1.82. The van der Waals surface area contributed by atoms with Crippen LogP contribution in [0.2, 0.25) is 0 Å². The second-order valence-electron chi connectivity index (χ2n) is 4.18. The molecule has 0 atom stereocenters. The van der Waals surface area contributed by atoms with Gasteiger partial charge in [-0.1, -0.05) is 5.16 Å². The molecular weight excluding hydrogens is 303 g/mol. The van der Waals surface area contributed by atoms with Crippen LogP contribution < -0.4 is 4.74 Å². The Morgan fingerprint density at radius 1 is 1.27 bits per heavy atom. The minimum absolute atomic E-state index is 0.0661. The Morgan fingerprint density at radius 3 is 2.41 bits per heavy atom. The normalized spacial score (nSPS) is 11.3. The second kappa shape index (κ2) is 6.08. The number of aromatic nitrogens is 1. The molecule has 0 spiro atoms. The summed E-state index contributed by atoms with van der Waals surface area (Å²) in [7, 11) is 1.46. The van der Waals surface area contributed by atoms with Crippen molar-refractivity contribution in [3.05, 3.63) is 35.6 Å². The number of hydrogen-bond acceptors (Lipinski definition) is 5. The van der Waals surface area contributed by atoms with E-state index in [-0.39, 0.29) is 17.9 Å². The molecule has 0 unspecified atom stereocenters. The monoisotopic (exact) mass is 315 g/mol. The number of benzene rings is 1. The number of esters is 1. The van der Waals surface area contributed by atoms with Gasteiger partial charge in [-0.15, -0.1) is 0 Å². The average molecular weight is 315 g/mol. The Balaban J connectivity index is 2.55. The molecule has 5 nitrogen and oxygen atoms in total. The van der Waals surface area contributed by atoms with Crippen LogP contribution >= 0.6 is 0 Å². The van der Waals surface area contributed by atoms with Crippen molar-refractivity contribution in [1.29, 1.82) is 0 Å². The number of methoxy groups -OCH3 is 1. The van der Waals surface area contributed by atoms with Gasteiger partial charge in [0, 0.05) is 5.56 Å². The molecule has 0 aliphatic heterocycles. The molecule has 0 fully saturated rings. The lowest BCUT2D eigenvalue weighted by Crippen LogP contribution is -2.13. The van der Waals surface area contributed by atoms with Crippen molar-refractivity contribution < 1.29 is 32.0 Å². The van der Waals surface area contributed by atoms with Gasteiger partial charge in [-0.2, -0.15) is 13.2 Å². The molecule has 0 saturated heterocycles. The van der Waals surface area contributed by atoms with Gasteiger partial charge < -0.3 is 14.0 Å². The molecule has 1 aromatic heterocycles. The number of hydrogen-bond donors (Lipinski definition) is 0. The minimum Gasteiger partial charge on any atom is -0.497 e. The maximum absolute atomic E-state index is 12.9. The fourth-order valence-electron chi connectivity index (χ4n) is 1.82.